The Balaban J connectivity index is 2.30. The van der Waals surface area contributed by atoms with Gasteiger partial charge in [0.2, 0.25) is 0 Å². The summed E-state index contributed by atoms with van der Waals surface area (Å²) in [7, 11) is 0. The van der Waals surface area contributed by atoms with Crippen molar-refractivity contribution in [3.8, 4) is 6.07 Å². The Morgan fingerprint density at radius 1 is 1.20 bits per heavy atom. The molecule has 2 nitrogen and oxygen atoms in total. The number of nitrogens with one attached hydrogen (secondary N) is 1. The van der Waals surface area contributed by atoms with E-state index in [1.54, 1.807) is 25.1 Å². The smallest absolute Gasteiger partial charge is 0.164 e. The van der Waals surface area contributed by atoms with Crippen molar-refractivity contribution in [1.29, 1.82) is 5.26 Å². The molecule has 0 aliphatic rings. The van der Waals surface area contributed by atoms with Gasteiger partial charge in [-0.2, -0.15) is 5.26 Å². The van der Waals surface area contributed by atoms with Gasteiger partial charge in [0.15, 0.2) is 11.6 Å². The van der Waals surface area contributed by atoms with Gasteiger partial charge in [-0.15, -0.1) is 0 Å². The largest absolute Gasteiger partial charge is 0.378 e. The van der Waals surface area contributed by atoms with Crippen LogP contribution in [0.3, 0.4) is 0 Å². The number of benzene rings is 2. The minimum atomic E-state index is -0.862. The molecule has 0 spiro atoms. The molecule has 2 aromatic rings. The molecule has 0 aliphatic heterocycles. The van der Waals surface area contributed by atoms with E-state index in [4.69, 9.17) is 5.26 Å². The first kappa shape index (κ1) is 14.0. The molecule has 0 saturated carbocycles. The van der Waals surface area contributed by atoms with E-state index in [1.807, 2.05) is 13.0 Å². The highest BCUT2D eigenvalue weighted by molar-refractivity contribution is 5.56. The van der Waals surface area contributed by atoms with Crippen molar-refractivity contribution in [2.45, 2.75) is 19.9 Å². The van der Waals surface area contributed by atoms with Crippen molar-refractivity contribution in [2.75, 3.05) is 5.32 Å². The molecule has 2 rings (SSSR count). The van der Waals surface area contributed by atoms with Crippen LogP contribution in [0, 0.1) is 29.9 Å². The summed E-state index contributed by atoms with van der Waals surface area (Å²) in [6, 6.07) is 11.0. The van der Waals surface area contributed by atoms with E-state index in [9.17, 15) is 8.78 Å². The van der Waals surface area contributed by atoms with E-state index in [0.29, 0.717) is 5.56 Å². The van der Waals surface area contributed by atoms with Gasteiger partial charge in [-0.3, -0.25) is 0 Å². The average Bonchev–Trinajstić information content (AvgIpc) is 2.44. The number of hydrogen-bond donors (Lipinski definition) is 1. The zero-order chi connectivity index (χ0) is 14.7. The fraction of sp³-hybridized carbons (Fsp3) is 0.188. The zero-order valence-electron chi connectivity index (χ0n) is 11.2. The molecule has 0 aliphatic carbocycles. The number of halogens is 2. The van der Waals surface area contributed by atoms with E-state index >= 15 is 0 Å². The fourth-order valence-electron chi connectivity index (χ4n) is 2.01. The van der Waals surface area contributed by atoms with Crippen LogP contribution in [0.25, 0.3) is 0 Å². The standard InChI is InChI=1S/C16H14F2N2/c1-10-6-7-12(9-19)8-15(10)20-11(2)13-4-3-5-14(17)16(13)18/h3-8,11,20H,1-2H3. The maximum Gasteiger partial charge on any atom is 0.164 e. The lowest BCUT2D eigenvalue weighted by Gasteiger charge is -2.18. The summed E-state index contributed by atoms with van der Waals surface area (Å²) in [5.41, 5.74) is 2.45. The third-order valence-corrected chi connectivity index (χ3v) is 3.19. The molecular weight excluding hydrogens is 258 g/mol. The first-order chi connectivity index (χ1) is 9.52. The minimum absolute atomic E-state index is 0.256. The molecule has 0 heterocycles. The second-order valence-corrected chi connectivity index (χ2v) is 4.65. The summed E-state index contributed by atoms with van der Waals surface area (Å²) in [6.07, 6.45) is 0. The Morgan fingerprint density at radius 2 is 1.95 bits per heavy atom. The molecule has 0 saturated heterocycles. The quantitative estimate of drug-likeness (QED) is 0.903. The maximum absolute atomic E-state index is 13.7. The summed E-state index contributed by atoms with van der Waals surface area (Å²) < 4.78 is 27.0. The van der Waals surface area contributed by atoms with Gasteiger partial charge in [0, 0.05) is 11.3 Å². The third-order valence-electron chi connectivity index (χ3n) is 3.19. The Morgan fingerprint density at radius 3 is 2.65 bits per heavy atom. The molecule has 102 valence electrons. The minimum Gasteiger partial charge on any atom is -0.378 e. The highest BCUT2D eigenvalue weighted by Crippen LogP contribution is 2.25. The van der Waals surface area contributed by atoms with Gasteiger partial charge in [0.25, 0.3) is 0 Å². The predicted molar refractivity (Wildman–Crippen MR) is 74.3 cm³/mol. The highest BCUT2D eigenvalue weighted by atomic mass is 19.2. The average molecular weight is 272 g/mol. The first-order valence-corrected chi connectivity index (χ1v) is 6.24. The van der Waals surface area contributed by atoms with Gasteiger partial charge in [-0.05, 0) is 37.6 Å². The molecular formula is C16H14F2N2. The lowest BCUT2D eigenvalue weighted by atomic mass is 10.1. The van der Waals surface area contributed by atoms with Gasteiger partial charge >= 0.3 is 0 Å². The lowest BCUT2D eigenvalue weighted by molar-refractivity contribution is 0.494. The normalized spacial score (nSPS) is 11.8. The van der Waals surface area contributed by atoms with Crippen LogP contribution in [-0.2, 0) is 0 Å². The van der Waals surface area contributed by atoms with Crippen molar-refractivity contribution in [3.05, 3.63) is 64.7 Å². The van der Waals surface area contributed by atoms with Crippen molar-refractivity contribution in [3.63, 3.8) is 0 Å². The lowest BCUT2D eigenvalue weighted by Crippen LogP contribution is -2.10. The Kier molecular flexibility index (Phi) is 3.99. The monoisotopic (exact) mass is 272 g/mol. The molecule has 0 aromatic heterocycles. The van der Waals surface area contributed by atoms with Crippen LogP contribution in [0.1, 0.15) is 29.7 Å². The van der Waals surface area contributed by atoms with E-state index < -0.39 is 17.7 Å². The molecule has 2 aromatic carbocycles. The van der Waals surface area contributed by atoms with E-state index in [2.05, 4.69) is 11.4 Å². The van der Waals surface area contributed by atoms with E-state index in [-0.39, 0.29) is 5.56 Å². The number of aryl methyl sites for hydroxylation is 1. The summed E-state index contributed by atoms with van der Waals surface area (Å²) in [5.74, 6) is -1.71. The topological polar surface area (TPSA) is 35.8 Å². The van der Waals surface area contributed by atoms with Gasteiger partial charge in [-0.1, -0.05) is 18.2 Å². The van der Waals surface area contributed by atoms with Crippen LogP contribution in [-0.4, -0.2) is 0 Å². The molecule has 0 bridgehead atoms. The number of rotatable bonds is 3. The van der Waals surface area contributed by atoms with Crippen molar-refractivity contribution in [1.82, 2.24) is 0 Å². The Labute approximate surface area is 116 Å². The number of nitrogens with zero attached hydrogens (tertiary/aromatic N) is 1. The number of hydrogen-bond acceptors (Lipinski definition) is 2. The van der Waals surface area contributed by atoms with E-state index in [1.165, 1.54) is 6.07 Å². The van der Waals surface area contributed by atoms with E-state index in [0.717, 1.165) is 17.3 Å². The molecule has 1 unspecified atom stereocenters. The predicted octanol–water partition coefficient (Wildman–Crippen LogP) is 4.32. The number of anilines is 1. The molecule has 0 fully saturated rings. The molecule has 1 N–H and O–H groups in total. The molecule has 0 amide bonds. The third kappa shape index (κ3) is 2.77. The molecule has 4 heteroatoms. The van der Waals surface area contributed by atoms with Crippen LogP contribution >= 0.6 is 0 Å². The van der Waals surface area contributed by atoms with Crippen LogP contribution in [0.2, 0.25) is 0 Å². The number of nitriles is 1. The summed E-state index contributed by atoms with van der Waals surface area (Å²) in [5, 5.41) is 12.0. The van der Waals surface area contributed by atoms with Crippen molar-refractivity contribution in [2.24, 2.45) is 0 Å². The molecule has 20 heavy (non-hydrogen) atoms. The van der Waals surface area contributed by atoms with Crippen LogP contribution in [0.5, 0.6) is 0 Å². The Bertz CT molecular complexity index is 675. The maximum atomic E-state index is 13.7. The van der Waals surface area contributed by atoms with Gasteiger partial charge in [0.1, 0.15) is 0 Å². The van der Waals surface area contributed by atoms with Crippen molar-refractivity contribution < 1.29 is 8.78 Å². The van der Waals surface area contributed by atoms with Crippen LogP contribution < -0.4 is 5.32 Å². The van der Waals surface area contributed by atoms with Crippen LogP contribution in [0.4, 0.5) is 14.5 Å². The van der Waals surface area contributed by atoms with Crippen LogP contribution in [0.15, 0.2) is 36.4 Å². The van der Waals surface area contributed by atoms with Gasteiger partial charge < -0.3 is 5.32 Å². The van der Waals surface area contributed by atoms with Gasteiger partial charge in [0.05, 0.1) is 17.7 Å². The fourth-order valence-corrected chi connectivity index (χ4v) is 2.01. The van der Waals surface area contributed by atoms with Crippen molar-refractivity contribution >= 4 is 5.69 Å². The zero-order valence-corrected chi connectivity index (χ0v) is 11.2. The molecule has 1 atom stereocenters. The summed E-state index contributed by atoms with van der Waals surface area (Å²) in [4.78, 5) is 0. The SMILES string of the molecule is Cc1ccc(C#N)cc1NC(C)c1cccc(F)c1F. The molecule has 0 radical (unpaired) electrons. The second-order valence-electron chi connectivity index (χ2n) is 4.65. The van der Waals surface area contributed by atoms with Gasteiger partial charge in [-0.25, -0.2) is 8.78 Å². The summed E-state index contributed by atoms with van der Waals surface area (Å²) >= 11 is 0. The Hall–Kier alpha value is -2.41. The summed E-state index contributed by atoms with van der Waals surface area (Å²) in [6.45, 7) is 3.63. The highest BCUT2D eigenvalue weighted by Gasteiger charge is 2.14. The second kappa shape index (κ2) is 5.70. The first-order valence-electron chi connectivity index (χ1n) is 6.24.